The maximum Gasteiger partial charge on any atom is 0.139 e. The molecule has 3 saturated carbocycles. The van der Waals surface area contributed by atoms with E-state index in [-0.39, 0.29) is 5.41 Å². The lowest BCUT2D eigenvalue weighted by Gasteiger charge is -2.58. The molecule has 4 atom stereocenters. The van der Waals surface area contributed by atoms with E-state index in [4.69, 9.17) is 0 Å². The molecule has 1 heteroatoms. The lowest BCUT2D eigenvalue weighted by molar-refractivity contribution is -0.159. The van der Waals surface area contributed by atoms with Gasteiger partial charge in [-0.1, -0.05) is 26.3 Å². The first-order chi connectivity index (χ1) is 7.34. The summed E-state index contributed by atoms with van der Waals surface area (Å²) in [5.74, 6) is 2.48. The summed E-state index contributed by atoms with van der Waals surface area (Å²) in [4.78, 5) is 12.4. The first-order valence-corrected chi connectivity index (χ1v) is 6.52. The highest BCUT2D eigenvalue weighted by atomic mass is 16.1. The van der Waals surface area contributed by atoms with Crippen molar-refractivity contribution in [3.8, 4) is 0 Å². The predicted octanol–water partition coefficient (Wildman–Crippen LogP) is 3.84. The molecule has 3 rings (SSSR count). The third kappa shape index (κ3) is 1.65. The van der Waals surface area contributed by atoms with E-state index < -0.39 is 0 Å². The molecule has 0 aromatic carbocycles. The quantitative estimate of drug-likeness (QED) is 0.660. The summed E-state index contributed by atoms with van der Waals surface area (Å²) in [6, 6.07) is 0. The molecular formula is C15H24O. The van der Waals surface area contributed by atoms with E-state index in [1.54, 1.807) is 0 Å². The Bertz CT molecular complexity index is 326. The Labute approximate surface area is 99.3 Å². The van der Waals surface area contributed by atoms with Gasteiger partial charge in [0.25, 0.3) is 0 Å². The van der Waals surface area contributed by atoms with E-state index in [1.165, 1.54) is 5.57 Å². The minimum atomic E-state index is 0.288. The van der Waals surface area contributed by atoms with Crippen molar-refractivity contribution in [2.45, 2.75) is 47.0 Å². The van der Waals surface area contributed by atoms with Gasteiger partial charge in [0.05, 0.1) is 0 Å². The average molecular weight is 220 g/mol. The van der Waals surface area contributed by atoms with Crippen LogP contribution in [0, 0.1) is 29.1 Å². The fourth-order valence-corrected chi connectivity index (χ4v) is 3.78. The molecule has 1 nitrogen and oxygen atoms in total. The normalized spacial score (nSPS) is 37.8. The van der Waals surface area contributed by atoms with E-state index in [2.05, 4.69) is 34.3 Å². The van der Waals surface area contributed by atoms with Crippen molar-refractivity contribution in [3.05, 3.63) is 12.2 Å². The van der Waals surface area contributed by atoms with Gasteiger partial charge in [-0.05, 0) is 43.4 Å². The van der Waals surface area contributed by atoms with Gasteiger partial charge in [-0.15, -0.1) is 6.58 Å². The molecule has 0 aliphatic heterocycles. The van der Waals surface area contributed by atoms with E-state index in [0.29, 0.717) is 23.5 Å². The SMILES string of the molecule is C=C(C)C[C@@H](C)[C@H]1CC2CC(C1=O)C2(C)C. The van der Waals surface area contributed by atoms with Crippen molar-refractivity contribution < 1.29 is 4.79 Å². The summed E-state index contributed by atoms with van der Waals surface area (Å²) in [5, 5.41) is 0. The number of allylic oxidation sites excluding steroid dienone is 1. The molecule has 0 saturated heterocycles. The van der Waals surface area contributed by atoms with Crippen molar-refractivity contribution >= 4 is 5.78 Å². The van der Waals surface area contributed by atoms with Crippen LogP contribution in [0.1, 0.15) is 47.0 Å². The van der Waals surface area contributed by atoms with Gasteiger partial charge in [-0.25, -0.2) is 0 Å². The molecule has 0 spiro atoms. The predicted molar refractivity (Wildman–Crippen MR) is 67.1 cm³/mol. The Balaban J connectivity index is 2.06. The zero-order valence-corrected chi connectivity index (χ0v) is 11.0. The summed E-state index contributed by atoms with van der Waals surface area (Å²) >= 11 is 0. The second-order valence-electron chi connectivity index (χ2n) is 6.69. The third-order valence-corrected chi connectivity index (χ3v) is 5.08. The van der Waals surface area contributed by atoms with E-state index in [1.807, 2.05) is 0 Å². The zero-order valence-electron chi connectivity index (χ0n) is 11.0. The first-order valence-electron chi connectivity index (χ1n) is 6.52. The Morgan fingerprint density at radius 3 is 2.56 bits per heavy atom. The number of carbonyl (C=O) groups is 1. The molecule has 16 heavy (non-hydrogen) atoms. The monoisotopic (exact) mass is 220 g/mol. The van der Waals surface area contributed by atoms with Gasteiger partial charge in [0.1, 0.15) is 5.78 Å². The van der Waals surface area contributed by atoms with E-state index in [0.717, 1.165) is 25.2 Å². The van der Waals surface area contributed by atoms with Crippen LogP contribution in [0.25, 0.3) is 0 Å². The molecule has 0 radical (unpaired) electrons. The maximum atomic E-state index is 12.4. The smallest absolute Gasteiger partial charge is 0.139 e. The number of fused-ring (bicyclic) bond motifs is 2. The molecule has 0 heterocycles. The Morgan fingerprint density at radius 1 is 1.50 bits per heavy atom. The number of ketones is 1. The first kappa shape index (κ1) is 11.9. The van der Waals surface area contributed by atoms with Gasteiger partial charge in [0, 0.05) is 11.8 Å². The fraction of sp³-hybridized carbons (Fsp3) is 0.800. The van der Waals surface area contributed by atoms with Crippen LogP contribution < -0.4 is 0 Å². The molecule has 3 fully saturated rings. The van der Waals surface area contributed by atoms with Crippen molar-refractivity contribution in [3.63, 3.8) is 0 Å². The average Bonchev–Trinajstić information content (AvgIpc) is 2.15. The Kier molecular flexibility index (Phi) is 2.76. The molecule has 2 unspecified atom stereocenters. The maximum absolute atomic E-state index is 12.4. The van der Waals surface area contributed by atoms with Crippen LogP contribution in [0.15, 0.2) is 12.2 Å². The Hall–Kier alpha value is -0.590. The lowest BCUT2D eigenvalue weighted by atomic mass is 9.45. The third-order valence-electron chi connectivity index (χ3n) is 5.08. The second kappa shape index (κ2) is 3.72. The van der Waals surface area contributed by atoms with Crippen LogP contribution >= 0.6 is 0 Å². The largest absolute Gasteiger partial charge is 0.299 e. The van der Waals surface area contributed by atoms with Crippen molar-refractivity contribution in [2.75, 3.05) is 0 Å². The highest BCUT2D eigenvalue weighted by molar-refractivity contribution is 5.87. The molecule has 0 N–H and O–H groups in total. The van der Waals surface area contributed by atoms with E-state index in [9.17, 15) is 4.79 Å². The molecule has 3 aliphatic rings. The number of hydrogen-bond donors (Lipinski definition) is 0. The minimum absolute atomic E-state index is 0.288. The topological polar surface area (TPSA) is 17.1 Å². The van der Waals surface area contributed by atoms with Crippen LogP contribution in [-0.2, 0) is 4.79 Å². The van der Waals surface area contributed by atoms with Crippen molar-refractivity contribution in [2.24, 2.45) is 29.1 Å². The molecule has 90 valence electrons. The zero-order chi connectivity index (χ0) is 12.1. The molecule has 0 amide bonds. The standard InChI is InChI=1S/C15H24O/c1-9(2)6-10(3)12-7-11-8-13(14(12)16)15(11,4)5/h10-13H,1,6-8H2,2-5H3/t10-,11?,12-,13?/m1/s1. The minimum Gasteiger partial charge on any atom is -0.299 e. The summed E-state index contributed by atoms with van der Waals surface area (Å²) in [5.41, 5.74) is 1.50. The highest BCUT2D eigenvalue weighted by Crippen LogP contribution is 2.60. The van der Waals surface area contributed by atoms with Crippen LogP contribution in [-0.4, -0.2) is 5.78 Å². The van der Waals surface area contributed by atoms with Gasteiger partial charge >= 0.3 is 0 Å². The van der Waals surface area contributed by atoms with Crippen LogP contribution in [0.2, 0.25) is 0 Å². The van der Waals surface area contributed by atoms with Crippen molar-refractivity contribution in [1.29, 1.82) is 0 Å². The molecular weight excluding hydrogens is 196 g/mol. The molecule has 3 aliphatic carbocycles. The van der Waals surface area contributed by atoms with Crippen LogP contribution in [0.4, 0.5) is 0 Å². The lowest BCUT2D eigenvalue weighted by Crippen LogP contribution is -2.57. The fourth-order valence-electron chi connectivity index (χ4n) is 3.78. The summed E-state index contributed by atoms with van der Waals surface area (Å²) in [7, 11) is 0. The number of carbonyl (C=O) groups excluding carboxylic acids is 1. The number of Topliss-reactive ketones (excluding diaryl/α,β-unsaturated/α-hetero) is 1. The van der Waals surface area contributed by atoms with Crippen LogP contribution in [0.3, 0.4) is 0 Å². The van der Waals surface area contributed by atoms with Gasteiger partial charge < -0.3 is 0 Å². The Morgan fingerprint density at radius 2 is 2.12 bits per heavy atom. The molecule has 2 bridgehead atoms. The second-order valence-corrected chi connectivity index (χ2v) is 6.69. The van der Waals surface area contributed by atoms with Gasteiger partial charge in [0.15, 0.2) is 0 Å². The molecule has 0 aromatic heterocycles. The van der Waals surface area contributed by atoms with Crippen LogP contribution in [0.5, 0.6) is 0 Å². The number of rotatable bonds is 3. The highest BCUT2D eigenvalue weighted by Gasteiger charge is 2.58. The van der Waals surface area contributed by atoms with Gasteiger partial charge in [0.2, 0.25) is 0 Å². The van der Waals surface area contributed by atoms with Gasteiger partial charge in [-0.2, -0.15) is 0 Å². The summed E-state index contributed by atoms with van der Waals surface area (Å²) < 4.78 is 0. The van der Waals surface area contributed by atoms with Crippen molar-refractivity contribution in [1.82, 2.24) is 0 Å². The summed E-state index contributed by atoms with van der Waals surface area (Å²) in [6.45, 7) is 12.8. The number of hydrogen-bond acceptors (Lipinski definition) is 1. The van der Waals surface area contributed by atoms with E-state index >= 15 is 0 Å². The van der Waals surface area contributed by atoms with Gasteiger partial charge in [-0.3, -0.25) is 4.79 Å². The summed E-state index contributed by atoms with van der Waals surface area (Å²) in [6.07, 6.45) is 3.29. The molecule has 0 aromatic rings.